The lowest BCUT2D eigenvalue weighted by atomic mass is 9.74. The first-order chi connectivity index (χ1) is 22.0. The number of nitrogens with one attached hydrogen (secondary N) is 2. The third-order valence-electron chi connectivity index (χ3n) is 9.51. The Kier molecular flexibility index (Phi) is 7.79. The molecule has 45 heavy (non-hydrogen) atoms. The SMILES string of the molecule is COc1ccccc1CN1C(=O)[C@H]2[C@@H](C(=O)Nc3ccc(Oc4ccccc4)cc3)[C@H]3C=C[C@@]2(O3)[C@H]1C(=O)NC1CCCCC1. The molecule has 3 aromatic carbocycles. The van der Waals surface area contributed by atoms with Crippen LogP contribution in [0.3, 0.4) is 0 Å². The van der Waals surface area contributed by atoms with Crippen molar-refractivity contribution in [2.24, 2.45) is 11.8 Å². The topological polar surface area (TPSA) is 106 Å². The van der Waals surface area contributed by atoms with E-state index in [-0.39, 0.29) is 30.3 Å². The summed E-state index contributed by atoms with van der Waals surface area (Å²) in [5, 5.41) is 6.21. The van der Waals surface area contributed by atoms with E-state index in [1.165, 1.54) is 0 Å². The monoisotopic (exact) mass is 607 g/mol. The predicted molar refractivity (Wildman–Crippen MR) is 168 cm³/mol. The summed E-state index contributed by atoms with van der Waals surface area (Å²) in [5.41, 5.74) is 0.111. The lowest BCUT2D eigenvalue weighted by Crippen LogP contribution is -2.56. The number of rotatable bonds is 9. The molecule has 1 aliphatic carbocycles. The smallest absolute Gasteiger partial charge is 0.246 e. The van der Waals surface area contributed by atoms with Crippen molar-refractivity contribution >= 4 is 23.4 Å². The van der Waals surface area contributed by atoms with Crippen LogP contribution in [-0.2, 0) is 25.7 Å². The Hall–Kier alpha value is -4.63. The number of anilines is 1. The number of fused-ring (bicyclic) bond motifs is 1. The molecular formula is C36H37N3O6. The van der Waals surface area contributed by atoms with E-state index in [1.807, 2.05) is 66.7 Å². The number of nitrogens with zero attached hydrogens (tertiary/aromatic N) is 1. The minimum atomic E-state index is -1.24. The standard InChI is InChI=1S/C36H37N3O6/c1-43-28-15-9-8-10-23(28)22-39-32(34(41)38-24-11-4-2-5-12-24)36-21-20-29(45-36)30(31(36)35(39)42)33(40)37-25-16-18-27(19-17-25)44-26-13-6-3-7-14-26/h3,6-10,13-21,24,29-32H,2,4-5,11-12,22H2,1H3,(H,37,40)(H,38,41)/t29-,30+,31-,32-,36+/m1/s1. The van der Waals surface area contributed by atoms with Gasteiger partial charge in [-0.1, -0.05) is 67.8 Å². The number of amides is 3. The predicted octanol–water partition coefficient (Wildman–Crippen LogP) is 5.23. The van der Waals surface area contributed by atoms with Crippen molar-refractivity contribution in [3.05, 3.63) is 96.6 Å². The molecule has 0 aromatic heterocycles. The molecule has 2 bridgehead atoms. The molecule has 9 nitrogen and oxygen atoms in total. The highest BCUT2D eigenvalue weighted by atomic mass is 16.5. The van der Waals surface area contributed by atoms with Crippen LogP contribution in [0.5, 0.6) is 17.2 Å². The van der Waals surface area contributed by atoms with Gasteiger partial charge in [0, 0.05) is 17.3 Å². The maximum absolute atomic E-state index is 14.4. The molecule has 232 valence electrons. The first-order valence-corrected chi connectivity index (χ1v) is 15.7. The van der Waals surface area contributed by atoms with Gasteiger partial charge in [-0.2, -0.15) is 0 Å². The van der Waals surface area contributed by atoms with Crippen LogP contribution in [-0.4, -0.2) is 53.5 Å². The molecule has 9 heteroatoms. The molecule has 4 aliphatic rings. The molecule has 1 saturated carbocycles. The molecule has 0 radical (unpaired) electrons. The van der Waals surface area contributed by atoms with Crippen LogP contribution < -0.4 is 20.1 Å². The summed E-state index contributed by atoms with van der Waals surface area (Å²) in [6.07, 6.45) is 8.17. The fourth-order valence-electron chi connectivity index (χ4n) is 7.44. The number of hydrogen-bond donors (Lipinski definition) is 2. The van der Waals surface area contributed by atoms with Crippen molar-refractivity contribution in [1.82, 2.24) is 10.2 Å². The second-order valence-electron chi connectivity index (χ2n) is 12.3. The van der Waals surface area contributed by atoms with E-state index in [0.29, 0.717) is 22.9 Å². The van der Waals surface area contributed by atoms with Gasteiger partial charge in [0.15, 0.2) is 0 Å². The quantitative estimate of drug-likeness (QED) is 0.323. The van der Waals surface area contributed by atoms with Gasteiger partial charge >= 0.3 is 0 Å². The van der Waals surface area contributed by atoms with Crippen LogP contribution in [0.1, 0.15) is 37.7 Å². The number of carbonyl (C=O) groups excluding carboxylic acids is 3. The maximum atomic E-state index is 14.4. The van der Waals surface area contributed by atoms with E-state index < -0.39 is 29.6 Å². The Morgan fingerprint density at radius 3 is 2.38 bits per heavy atom. The second kappa shape index (κ2) is 12.0. The summed E-state index contributed by atoms with van der Waals surface area (Å²) in [5.74, 6) is -0.510. The molecule has 3 fully saturated rings. The van der Waals surface area contributed by atoms with Crippen LogP contribution in [0, 0.1) is 11.8 Å². The van der Waals surface area contributed by atoms with Crippen LogP contribution in [0.25, 0.3) is 0 Å². The van der Waals surface area contributed by atoms with Gasteiger partial charge in [-0.25, -0.2) is 0 Å². The Bertz CT molecular complexity index is 1600. The largest absolute Gasteiger partial charge is 0.496 e. The van der Waals surface area contributed by atoms with E-state index in [0.717, 1.165) is 37.7 Å². The molecule has 3 heterocycles. The Labute approximate surface area is 262 Å². The van der Waals surface area contributed by atoms with E-state index in [4.69, 9.17) is 14.2 Å². The Balaban J connectivity index is 1.15. The zero-order chi connectivity index (χ0) is 31.0. The average molecular weight is 608 g/mol. The Morgan fingerprint density at radius 2 is 1.62 bits per heavy atom. The van der Waals surface area contributed by atoms with Crippen LogP contribution in [0.2, 0.25) is 0 Å². The van der Waals surface area contributed by atoms with E-state index in [2.05, 4.69) is 10.6 Å². The van der Waals surface area contributed by atoms with Gasteiger partial charge in [-0.05, 0) is 55.3 Å². The zero-order valence-corrected chi connectivity index (χ0v) is 25.2. The van der Waals surface area contributed by atoms with Gasteiger partial charge in [-0.15, -0.1) is 0 Å². The minimum Gasteiger partial charge on any atom is -0.496 e. The van der Waals surface area contributed by atoms with Crippen molar-refractivity contribution in [3.63, 3.8) is 0 Å². The van der Waals surface area contributed by atoms with Crippen molar-refractivity contribution in [2.45, 2.75) is 62.4 Å². The van der Waals surface area contributed by atoms with Crippen LogP contribution in [0.15, 0.2) is 91.0 Å². The molecule has 2 N–H and O–H groups in total. The number of carbonyl (C=O) groups is 3. The highest BCUT2D eigenvalue weighted by Gasteiger charge is 2.72. The number of para-hydroxylation sites is 2. The lowest BCUT2D eigenvalue weighted by molar-refractivity contribution is -0.142. The van der Waals surface area contributed by atoms with Crippen LogP contribution >= 0.6 is 0 Å². The van der Waals surface area contributed by atoms with Gasteiger partial charge in [0.05, 0.1) is 31.6 Å². The summed E-state index contributed by atoms with van der Waals surface area (Å²) in [4.78, 5) is 43.9. The minimum absolute atomic E-state index is 0.0560. The third kappa shape index (κ3) is 5.35. The second-order valence-corrected chi connectivity index (χ2v) is 12.3. The van der Waals surface area contributed by atoms with Gasteiger partial charge in [0.2, 0.25) is 17.7 Å². The van der Waals surface area contributed by atoms with Crippen LogP contribution in [0.4, 0.5) is 5.69 Å². The normalized spacial score (nSPS) is 26.9. The van der Waals surface area contributed by atoms with Crippen molar-refractivity contribution in [3.8, 4) is 17.2 Å². The molecule has 1 spiro atoms. The molecule has 7 rings (SSSR count). The average Bonchev–Trinajstić information content (AvgIpc) is 3.70. The summed E-state index contributed by atoms with van der Waals surface area (Å²) >= 11 is 0. The molecular weight excluding hydrogens is 570 g/mol. The molecule has 2 saturated heterocycles. The number of ether oxygens (including phenoxy) is 3. The summed E-state index contributed by atoms with van der Waals surface area (Å²) in [7, 11) is 1.58. The van der Waals surface area contributed by atoms with Crippen molar-refractivity contribution < 1.29 is 28.6 Å². The van der Waals surface area contributed by atoms with E-state index in [9.17, 15) is 14.4 Å². The highest BCUT2D eigenvalue weighted by molar-refractivity contribution is 6.02. The number of benzene rings is 3. The summed E-state index contributed by atoms with van der Waals surface area (Å²) < 4.78 is 18.0. The molecule has 3 aromatic rings. The van der Waals surface area contributed by atoms with Gasteiger partial charge in [-0.3, -0.25) is 14.4 Å². The maximum Gasteiger partial charge on any atom is 0.246 e. The number of methoxy groups -OCH3 is 1. The van der Waals surface area contributed by atoms with Gasteiger partial charge < -0.3 is 29.7 Å². The highest BCUT2D eigenvalue weighted by Crippen LogP contribution is 2.55. The van der Waals surface area contributed by atoms with Gasteiger partial charge in [0.1, 0.15) is 28.9 Å². The fourth-order valence-corrected chi connectivity index (χ4v) is 7.44. The third-order valence-corrected chi connectivity index (χ3v) is 9.51. The fraction of sp³-hybridized carbons (Fsp3) is 0.361. The van der Waals surface area contributed by atoms with Gasteiger partial charge in [0.25, 0.3) is 0 Å². The molecule has 3 aliphatic heterocycles. The van der Waals surface area contributed by atoms with E-state index in [1.54, 1.807) is 36.3 Å². The molecule has 0 unspecified atom stereocenters. The first kappa shape index (κ1) is 29.1. The molecule has 3 amide bonds. The Morgan fingerprint density at radius 1 is 0.911 bits per heavy atom. The van der Waals surface area contributed by atoms with Crippen molar-refractivity contribution in [2.75, 3.05) is 12.4 Å². The first-order valence-electron chi connectivity index (χ1n) is 15.7. The number of likely N-dealkylation sites (tertiary alicyclic amines) is 1. The molecule has 5 atom stereocenters. The van der Waals surface area contributed by atoms with Crippen molar-refractivity contribution in [1.29, 1.82) is 0 Å². The summed E-state index contributed by atoms with van der Waals surface area (Å²) in [6.45, 7) is 0.156. The number of hydrogen-bond acceptors (Lipinski definition) is 6. The zero-order valence-electron chi connectivity index (χ0n) is 25.2. The summed E-state index contributed by atoms with van der Waals surface area (Å²) in [6, 6.07) is 23.1. The van der Waals surface area contributed by atoms with E-state index >= 15 is 0 Å². The lowest BCUT2D eigenvalue weighted by Gasteiger charge is -2.34.